The molecule has 4 nitrogen and oxygen atoms in total. The molecule has 0 unspecified atom stereocenters. The molecule has 6 heteroatoms. The number of fused-ring (bicyclic) bond motifs is 1. The maximum atomic E-state index is 11.9. The minimum atomic E-state index is -0.352. The van der Waals surface area contributed by atoms with Gasteiger partial charge in [-0.05, 0) is 42.7 Å². The molecule has 1 aliphatic rings. The molecule has 4 rings (SSSR count). The lowest BCUT2D eigenvalue weighted by Gasteiger charge is -2.33. The van der Waals surface area contributed by atoms with Gasteiger partial charge in [-0.3, -0.25) is 4.90 Å². The van der Waals surface area contributed by atoms with E-state index in [-0.39, 0.29) is 5.63 Å². The van der Waals surface area contributed by atoms with Crippen LogP contribution in [0, 0.1) is 0 Å². The SMILES string of the molecule is O=c1cc(NC2CCN(CC(Br)=Cc3ccccc3)CC2)c2cc(Cl)ccc2o1. The van der Waals surface area contributed by atoms with E-state index in [1.807, 2.05) is 24.3 Å². The van der Waals surface area contributed by atoms with Crippen LogP contribution in [0.1, 0.15) is 18.4 Å². The van der Waals surface area contributed by atoms with Crippen LogP contribution in [0.15, 0.2) is 68.3 Å². The predicted octanol–water partition coefficient (Wildman–Crippen LogP) is 5.76. The fraction of sp³-hybridized carbons (Fsp3) is 0.261. The Morgan fingerprint density at radius 2 is 1.93 bits per heavy atom. The Morgan fingerprint density at radius 3 is 2.69 bits per heavy atom. The summed E-state index contributed by atoms with van der Waals surface area (Å²) >= 11 is 9.84. The van der Waals surface area contributed by atoms with Crippen molar-refractivity contribution in [2.45, 2.75) is 18.9 Å². The zero-order valence-corrected chi connectivity index (χ0v) is 18.2. The van der Waals surface area contributed by atoms with Crippen molar-refractivity contribution in [3.05, 3.63) is 80.1 Å². The Bertz CT molecular complexity index is 1070. The van der Waals surface area contributed by atoms with Crippen LogP contribution in [0.25, 0.3) is 17.0 Å². The van der Waals surface area contributed by atoms with Crippen LogP contribution in [0.4, 0.5) is 5.69 Å². The van der Waals surface area contributed by atoms with Gasteiger partial charge in [-0.15, -0.1) is 0 Å². The Hall–Kier alpha value is -2.08. The van der Waals surface area contributed by atoms with Crippen LogP contribution in [0.3, 0.4) is 0 Å². The molecule has 150 valence electrons. The lowest BCUT2D eigenvalue weighted by molar-refractivity contribution is 0.239. The summed E-state index contributed by atoms with van der Waals surface area (Å²) in [6, 6.07) is 17.5. The molecular formula is C23H22BrClN2O2. The average Bonchev–Trinajstić information content (AvgIpc) is 2.70. The minimum Gasteiger partial charge on any atom is -0.423 e. The molecule has 3 aromatic rings. The van der Waals surface area contributed by atoms with E-state index in [0.29, 0.717) is 16.6 Å². The summed E-state index contributed by atoms with van der Waals surface area (Å²) in [4.78, 5) is 14.3. The van der Waals surface area contributed by atoms with Crippen LogP contribution in [-0.2, 0) is 0 Å². The van der Waals surface area contributed by atoms with Crippen molar-refractivity contribution in [3.8, 4) is 0 Å². The molecule has 2 aromatic carbocycles. The van der Waals surface area contributed by atoms with Crippen molar-refractivity contribution in [1.29, 1.82) is 0 Å². The van der Waals surface area contributed by atoms with Gasteiger partial charge in [0.1, 0.15) is 5.58 Å². The Morgan fingerprint density at radius 1 is 1.17 bits per heavy atom. The molecule has 1 N–H and O–H groups in total. The molecule has 1 aromatic heterocycles. The van der Waals surface area contributed by atoms with E-state index in [2.05, 4.69) is 44.4 Å². The molecule has 1 aliphatic heterocycles. The molecule has 0 amide bonds. The topological polar surface area (TPSA) is 45.5 Å². The summed E-state index contributed by atoms with van der Waals surface area (Å²) in [6.07, 6.45) is 4.19. The number of piperidine rings is 1. The first-order valence-electron chi connectivity index (χ1n) is 9.70. The smallest absolute Gasteiger partial charge is 0.338 e. The van der Waals surface area contributed by atoms with Gasteiger partial charge in [0.25, 0.3) is 0 Å². The number of hydrogen-bond donors (Lipinski definition) is 1. The highest BCUT2D eigenvalue weighted by atomic mass is 79.9. The molecule has 1 fully saturated rings. The van der Waals surface area contributed by atoms with Crippen LogP contribution in [-0.4, -0.2) is 30.6 Å². The molecule has 1 saturated heterocycles. The van der Waals surface area contributed by atoms with Crippen molar-refractivity contribution in [3.63, 3.8) is 0 Å². The maximum Gasteiger partial charge on any atom is 0.338 e. The van der Waals surface area contributed by atoms with Gasteiger partial charge in [-0.2, -0.15) is 0 Å². The normalized spacial score (nSPS) is 16.3. The van der Waals surface area contributed by atoms with Crippen LogP contribution >= 0.6 is 27.5 Å². The van der Waals surface area contributed by atoms with Crippen LogP contribution in [0.5, 0.6) is 0 Å². The highest BCUT2D eigenvalue weighted by Gasteiger charge is 2.20. The second-order valence-corrected chi connectivity index (χ2v) is 8.77. The van der Waals surface area contributed by atoms with E-state index in [1.165, 1.54) is 16.1 Å². The monoisotopic (exact) mass is 472 g/mol. The molecule has 0 aliphatic carbocycles. The molecule has 0 spiro atoms. The first-order valence-corrected chi connectivity index (χ1v) is 10.9. The van der Waals surface area contributed by atoms with Crippen LogP contribution < -0.4 is 10.9 Å². The van der Waals surface area contributed by atoms with Gasteiger partial charge in [0.2, 0.25) is 0 Å². The van der Waals surface area contributed by atoms with Gasteiger partial charge < -0.3 is 9.73 Å². The molecule has 0 bridgehead atoms. The fourth-order valence-electron chi connectivity index (χ4n) is 3.70. The molecule has 0 saturated carbocycles. The van der Waals surface area contributed by atoms with Gasteiger partial charge in [0.05, 0.1) is 5.69 Å². The number of anilines is 1. The highest BCUT2D eigenvalue weighted by molar-refractivity contribution is 9.11. The summed E-state index contributed by atoms with van der Waals surface area (Å²) in [5.74, 6) is 0. The lowest BCUT2D eigenvalue weighted by atomic mass is 10.0. The predicted molar refractivity (Wildman–Crippen MR) is 124 cm³/mol. The quantitative estimate of drug-likeness (QED) is 0.479. The van der Waals surface area contributed by atoms with E-state index in [4.69, 9.17) is 16.0 Å². The van der Waals surface area contributed by atoms with Crippen molar-refractivity contribution in [1.82, 2.24) is 4.90 Å². The summed E-state index contributed by atoms with van der Waals surface area (Å²) in [5, 5.41) is 5.00. The standard InChI is InChI=1S/C23H22BrClN2O2/c24-17(12-16-4-2-1-3-5-16)15-27-10-8-19(9-11-27)26-21-14-23(28)29-22-7-6-18(25)13-20(21)22/h1-7,12-14,19,26H,8-11,15H2. The Balaban J connectivity index is 1.38. The number of hydrogen-bond acceptors (Lipinski definition) is 4. The van der Waals surface area contributed by atoms with E-state index < -0.39 is 0 Å². The number of nitrogens with zero attached hydrogens (tertiary/aromatic N) is 1. The van der Waals surface area contributed by atoms with E-state index in [0.717, 1.165) is 43.5 Å². The van der Waals surface area contributed by atoms with Gasteiger partial charge >= 0.3 is 5.63 Å². The summed E-state index contributed by atoms with van der Waals surface area (Å²) in [5.41, 5.74) is 2.19. The fourth-order valence-corrected chi connectivity index (χ4v) is 4.49. The lowest BCUT2D eigenvalue weighted by Crippen LogP contribution is -2.39. The van der Waals surface area contributed by atoms with E-state index in [1.54, 1.807) is 12.1 Å². The minimum absolute atomic E-state index is 0.312. The first-order chi connectivity index (χ1) is 14.1. The third kappa shape index (κ3) is 5.30. The molecule has 2 heterocycles. The second kappa shape index (κ2) is 9.16. The zero-order valence-electron chi connectivity index (χ0n) is 15.9. The maximum absolute atomic E-state index is 11.9. The number of likely N-dealkylation sites (tertiary alicyclic amines) is 1. The largest absolute Gasteiger partial charge is 0.423 e. The first kappa shape index (κ1) is 20.2. The molecule has 29 heavy (non-hydrogen) atoms. The zero-order chi connectivity index (χ0) is 20.2. The van der Waals surface area contributed by atoms with Gasteiger partial charge in [-0.25, -0.2) is 4.79 Å². The van der Waals surface area contributed by atoms with E-state index in [9.17, 15) is 4.79 Å². The van der Waals surface area contributed by atoms with Crippen molar-refractivity contribution >= 4 is 50.3 Å². The average molecular weight is 474 g/mol. The third-order valence-electron chi connectivity index (χ3n) is 5.15. The number of rotatable bonds is 5. The number of benzene rings is 2. The third-order valence-corrected chi connectivity index (χ3v) is 5.86. The van der Waals surface area contributed by atoms with Crippen molar-refractivity contribution in [2.75, 3.05) is 25.0 Å². The summed E-state index contributed by atoms with van der Waals surface area (Å²) < 4.78 is 6.46. The molecular weight excluding hydrogens is 452 g/mol. The summed E-state index contributed by atoms with van der Waals surface area (Å²) in [6.45, 7) is 2.89. The van der Waals surface area contributed by atoms with Crippen LogP contribution in [0.2, 0.25) is 5.02 Å². The van der Waals surface area contributed by atoms with Gasteiger partial charge in [-0.1, -0.05) is 57.9 Å². The van der Waals surface area contributed by atoms with Crippen molar-refractivity contribution in [2.24, 2.45) is 0 Å². The highest BCUT2D eigenvalue weighted by Crippen LogP contribution is 2.27. The number of halogens is 2. The number of nitrogens with one attached hydrogen (secondary N) is 1. The van der Waals surface area contributed by atoms with E-state index >= 15 is 0 Å². The van der Waals surface area contributed by atoms with Gasteiger partial charge in [0.15, 0.2) is 0 Å². The molecule has 0 radical (unpaired) electrons. The second-order valence-electron chi connectivity index (χ2n) is 7.32. The summed E-state index contributed by atoms with van der Waals surface area (Å²) in [7, 11) is 0. The Kier molecular flexibility index (Phi) is 6.38. The Labute approximate surface area is 183 Å². The van der Waals surface area contributed by atoms with Gasteiger partial charge in [0, 0.05) is 46.6 Å². The van der Waals surface area contributed by atoms with Crippen molar-refractivity contribution < 1.29 is 4.42 Å². The molecule has 0 atom stereocenters.